The number of nitrogen functional groups attached to an aromatic ring is 1. The van der Waals surface area contributed by atoms with Crippen molar-refractivity contribution in [1.82, 2.24) is 9.97 Å². The molecule has 0 spiro atoms. The molecule has 2 fully saturated rings. The first-order chi connectivity index (χ1) is 10.1. The SMILES string of the molecule is C[C@H]1COCCN1c1cc(N)nc(N2CCOC[C@@H]2C)n1. The Kier molecular flexibility index (Phi) is 4.12. The molecule has 21 heavy (non-hydrogen) atoms. The Hall–Kier alpha value is -1.60. The van der Waals surface area contributed by atoms with E-state index in [0.29, 0.717) is 37.6 Å². The summed E-state index contributed by atoms with van der Waals surface area (Å²) in [6.45, 7) is 8.70. The molecular formula is C14H23N5O2. The molecule has 0 unspecified atom stereocenters. The number of hydrogen-bond donors (Lipinski definition) is 1. The Bertz CT molecular complexity index is 458. The van der Waals surface area contributed by atoms with Gasteiger partial charge in [0, 0.05) is 19.2 Å². The minimum absolute atomic E-state index is 0.260. The highest BCUT2D eigenvalue weighted by Gasteiger charge is 2.25. The lowest BCUT2D eigenvalue weighted by Gasteiger charge is -2.36. The second kappa shape index (κ2) is 6.03. The van der Waals surface area contributed by atoms with Crippen LogP contribution in [0.3, 0.4) is 0 Å². The van der Waals surface area contributed by atoms with Gasteiger partial charge >= 0.3 is 0 Å². The van der Waals surface area contributed by atoms with Crippen molar-refractivity contribution in [2.75, 3.05) is 55.1 Å². The normalized spacial score (nSPS) is 27.0. The van der Waals surface area contributed by atoms with Crippen LogP contribution in [0.15, 0.2) is 6.07 Å². The molecule has 1 aromatic heterocycles. The first-order valence-corrected chi connectivity index (χ1v) is 7.48. The van der Waals surface area contributed by atoms with E-state index in [1.54, 1.807) is 0 Å². The molecule has 2 aliphatic heterocycles. The Balaban J connectivity index is 1.88. The molecule has 0 aromatic carbocycles. The van der Waals surface area contributed by atoms with Crippen molar-refractivity contribution in [3.8, 4) is 0 Å². The predicted molar refractivity (Wildman–Crippen MR) is 81.7 cm³/mol. The molecule has 3 rings (SSSR count). The minimum atomic E-state index is 0.260. The van der Waals surface area contributed by atoms with E-state index in [0.717, 1.165) is 25.5 Å². The molecule has 0 bridgehead atoms. The van der Waals surface area contributed by atoms with Gasteiger partial charge in [0.25, 0.3) is 0 Å². The highest BCUT2D eigenvalue weighted by Crippen LogP contribution is 2.24. The van der Waals surface area contributed by atoms with Crippen LogP contribution in [0.2, 0.25) is 0 Å². The van der Waals surface area contributed by atoms with Gasteiger partial charge in [0.05, 0.1) is 38.5 Å². The van der Waals surface area contributed by atoms with Gasteiger partial charge < -0.3 is 25.0 Å². The van der Waals surface area contributed by atoms with E-state index in [2.05, 4.69) is 28.6 Å². The lowest BCUT2D eigenvalue weighted by molar-refractivity contribution is 0.0972. The van der Waals surface area contributed by atoms with Gasteiger partial charge in [0.15, 0.2) is 0 Å². The van der Waals surface area contributed by atoms with Crippen LogP contribution in [0.4, 0.5) is 17.6 Å². The summed E-state index contributed by atoms with van der Waals surface area (Å²) < 4.78 is 11.0. The van der Waals surface area contributed by atoms with Crippen molar-refractivity contribution in [3.63, 3.8) is 0 Å². The monoisotopic (exact) mass is 293 g/mol. The maximum absolute atomic E-state index is 6.00. The molecule has 2 atom stereocenters. The predicted octanol–water partition coefficient (Wildman–Crippen LogP) is 0.509. The molecule has 7 nitrogen and oxygen atoms in total. The molecule has 0 amide bonds. The average Bonchev–Trinajstić information content (AvgIpc) is 2.47. The second-order valence-corrected chi connectivity index (χ2v) is 5.69. The molecule has 2 N–H and O–H groups in total. The number of hydrogen-bond acceptors (Lipinski definition) is 7. The van der Waals surface area contributed by atoms with Crippen molar-refractivity contribution in [3.05, 3.63) is 6.07 Å². The van der Waals surface area contributed by atoms with E-state index in [-0.39, 0.29) is 6.04 Å². The van der Waals surface area contributed by atoms with Crippen LogP contribution in [0, 0.1) is 0 Å². The van der Waals surface area contributed by atoms with Crippen LogP contribution in [0.25, 0.3) is 0 Å². The Morgan fingerprint density at radius 1 is 1.05 bits per heavy atom. The van der Waals surface area contributed by atoms with Crippen LogP contribution in [-0.4, -0.2) is 61.6 Å². The topological polar surface area (TPSA) is 76.7 Å². The van der Waals surface area contributed by atoms with Gasteiger partial charge in [-0.3, -0.25) is 0 Å². The highest BCUT2D eigenvalue weighted by atomic mass is 16.5. The number of ether oxygens (including phenoxy) is 2. The number of nitrogens with zero attached hydrogens (tertiary/aromatic N) is 4. The van der Waals surface area contributed by atoms with Crippen LogP contribution in [0.5, 0.6) is 0 Å². The summed E-state index contributed by atoms with van der Waals surface area (Å²) in [6.07, 6.45) is 0. The molecule has 3 heterocycles. The van der Waals surface area contributed by atoms with Gasteiger partial charge in [-0.2, -0.15) is 9.97 Å². The highest BCUT2D eigenvalue weighted by molar-refractivity contribution is 5.53. The zero-order chi connectivity index (χ0) is 14.8. The van der Waals surface area contributed by atoms with Gasteiger partial charge in [0.1, 0.15) is 11.6 Å². The Morgan fingerprint density at radius 3 is 2.29 bits per heavy atom. The fourth-order valence-electron chi connectivity index (χ4n) is 2.81. The molecule has 2 saturated heterocycles. The zero-order valence-electron chi connectivity index (χ0n) is 12.7. The Labute approximate surface area is 125 Å². The number of morpholine rings is 2. The fraction of sp³-hybridized carbons (Fsp3) is 0.714. The van der Waals surface area contributed by atoms with Crippen LogP contribution >= 0.6 is 0 Å². The molecule has 116 valence electrons. The van der Waals surface area contributed by atoms with Crippen molar-refractivity contribution in [2.24, 2.45) is 0 Å². The van der Waals surface area contributed by atoms with E-state index in [1.807, 2.05) is 6.07 Å². The third kappa shape index (κ3) is 3.03. The Morgan fingerprint density at radius 2 is 1.67 bits per heavy atom. The summed E-state index contributed by atoms with van der Waals surface area (Å²) in [6, 6.07) is 2.40. The standard InChI is InChI=1S/C14H23N5O2/c1-10-8-20-5-3-18(10)13-7-12(15)16-14(17-13)19-4-6-21-9-11(19)2/h7,10-11H,3-6,8-9H2,1-2H3,(H2,15,16,17)/t10-,11-/m0/s1. The van der Waals surface area contributed by atoms with Gasteiger partial charge in [-0.05, 0) is 13.8 Å². The lowest BCUT2D eigenvalue weighted by Crippen LogP contribution is -2.46. The maximum Gasteiger partial charge on any atom is 0.229 e. The molecular weight excluding hydrogens is 270 g/mol. The van der Waals surface area contributed by atoms with Gasteiger partial charge in [0.2, 0.25) is 5.95 Å². The first kappa shape index (κ1) is 14.3. The molecule has 1 aromatic rings. The van der Waals surface area contributed by atoms with Gasteiger partial charge in [-0.1, -0.05) is 0 Å². The van der Waals surface area contributed by atoms with Crippen LogP contribution < -0.4 is 15.5 Å². The molecule has 0 aliphatic carbocycles. The quantitative estimate of drug-likeness (QED) is 0.851. The fourth-order valence-corrected chi connectivity index (χ4v) is 2.81. The van der Waals surface area contributed by atoms with Gasteiger partial charge in [-0.15, -0.1) is 0 Å². The number of nitrogens with two attached hydrogens (primary N) is 1. The molecule has 2 aliphatic rings. The third-order valence-corrected chi connectivity index (χ3v) is 4.01. The van der Waals surface area contributed by atoms with Gasteiger partial charge in [-0.25, -0.2) is 0 Å². The van der Waals surface area contributed by atoms with E-state index < -0.39 is 0 Å². The first-order valence-electron chi connectivity index (χ1n) is 7.48. The smallest absolute Gasteiger partial charge is 0.229 e. The maximum atomic E-state index is 6.00. The van der Waals surface area contributed by atoms with E-state index in [9.17, 15) is 0 Å². The number of rotatable bonds is 2. The third-order valence-electron chi connectivity index (χ3n) is 4.01. The summed E-state index contributed by atoms with van der Waals surface area (Å²) in [5.41, 5.74) is 6.00. The molecule has 0 saturated carbocycles. The lowest BCUT2D eigenvalue weighted by atomic mass is 10.2. The van der Waals surface area contributed by atoms with Crippen molar-refractivity contribution in [1.29, 1.82) is 0 Å². The molecule has 0 radical (unpaired) electrons. The van der Waals surface area contributed by atoms with Crippen LogP contribution in [-0.2, 0) is 9.47 Å². The van der Waals surface area contributed by atoms with Crippen molar-refractivity contribution >= 4 is 17.6 Å². The van der Waals surface area contributed by atoms with Crippen LogP contribution in [0.1, 0.15) is 13.8 Å². The summed E-state index contributed by atoms with van der Waals surface area (Å²) in [7, 11) is 0. The summed E-state index contributed by atoms with van der Waals surface area (Å²) in [5, 5.41) is 0. The summed E-state index contributed by atoms with van der Waals surface area (Å²) >= 11 is 0. The van der Waals surface area contributed by atoms with Crippen molar-refractivity contribution < 1.29 is 9.47 Å². The average molecular weight is 293 g/mol. The minimum Gasteiger partial charge on any atom is -0.383 e. The van der Waals surface area contributed by atoms with E-state index in [1.165, 1.54) is 0 Å². The van der Waals surface area contributed by atoms with E-state index >= 15 is 0 Å². The zero-order valence-corrected chi connectivity index (χ0v) is 12.7. The second-order valence-electron chi connectivity index (χ2n) is 5.69. The van der Waals surface area contributed by atoms with E-state index in [4.69, 9.17) is 20.2 Å². The summed E-state index contributed by atoms with van der Waals surface area (Å²) in [4.78, 5) is 13.5. The molecule has 7 heteroatoms. The number of anilines is 3. The largest absolute Gasteiger partial charge is 0.383 e. The number of aromatic nitrogens is 2. The van der Waals surface area contributed by atoms with Crippen molar-refractivity contribution in [2.45, 2.75) is 25.9 Å². The summed E-state index contributed by atoms with van der Waals surface area (Å²) in [5.74, 6) is 2.08.